The lowest BCUT2D eigenvalue weighted by Crippen LogP contribution is -2.46. The van der Waals surface area contributed by atoms with Gasteiger partial charge in [-0.3, -0.25) is 9.78 Å². The summed E-state index contributed by atoms with van der Waals surface area (Å²) in [6.07, 6.45) is 6.73. The zero-order valence-electron chi connectivity index (χ0n) is 10.1. The Bertz CT molecular complexity index is 342. The molecule has 1 aromatic rings. The molecule has 0 aliphatic carbocycles. The number of piperidine rings is 1. The summed E-state index contributed by atoms with van der Waals surface area (Å²) in [6, 6.07) is 3.82. The maximum atomic E-state index is 11.8. The molecule has 1 atom stereocenters. The SMILES string of the molecule is Cl.Cl.O=C(NCc1ccncc1)[C@@H]1CCCCN1. The van der Waals surface area contributed by atoms with Crippen molar-refractivity contribution < 1.29 is 4.79 Å². The van der Waals surface area contributed by atoms with E-state index >= 15 is 0 Å². The van der Waals surface area contributed by atoms with Gasteiger partial charge >= 0.3 is 0 Å². The molecule has 0 unspecified atom stereocenters. The van der Waals surface area contributed by atoms with Gasteiger partial charge in [-0.1, -0.05) is 6.42 Å². The van der Waals surface area contributed by atoms with Crippen LogP contribution in [-0.2, 0) is 11.3 Å². The van der Waals surface area contributed by atoms with Gasteiger partial charge in [0.15, 0.2) is 0 Å². The normalized spacial score (nSPS) is 18.1. The van der Waals surface area contributed by atoms with Crippen LogP contribution in [0.3, 0.4) is 0 Å². The first-order valence-electron chi connectivity index (χ1n) is 5.76. The van der Waals surface area contributed by atoms with Crippen molar-refractivity contribution in [3.63, 3.8) is 0 Å². The smallest absolute Gasteiger partial charge is 0.237 e. The molecule has 2 N–H and O–H groups in total. The summed E-state index contributed by atoms with van der Waals surface area (Å²) in [5.74, 6) is 0.108. The van der Waals surface area contributed by atoms with E-state index in [0.717, 1.165) is 24.9 Å². The van der Waals surface area contributed by atoms with E-state index in [0.29, 0.717) is 6.54 Å². The molecule has 18 heavy (non-hydrogen) atoms. The first kappa shape index (κ1) is 17.2. The highest BCUT2D eigenvalue weighted by atomic mass is 35.5. The van der Waals surface area contributed by atoms with E-state index in [1.165, 1.54) is 6.42 Å². The second-order valence-electron chi connectivity index (χ2n) is 4.08. The number of amides is 1. The fourth-order valence-electron chi connectivity index (χ4n) is 1.89. The van der Waals surface area contributed by atoms with Crippen molar-refractivity contribution in [2.24, 2.45) is 0 Å². The molecule has 0 radical (unpaired) electrons. The quantitative estimate of drug-likeness (QED) is 0.891. The molecule has 1 amide bonds. The van der Waals surface area contributed by atoms with Crippen LogP contribution < -0.4 is 10.6 Å². The highest BCUT2D eigenvalue weighted by molar-refractivity contribution is 5.85. The summed E-state index contributed by atoms with van der Waals surface area (Å²) < 4.78 is 0. The molecular formula is C12H19Cl2N3O. The van der Waals surface area contributed by atoms with E-state index < -0.39 is 0 Å². The Morgan fingerprint density at radius 2 is 2.06 bits per heavy atom. The number of hydrogen-bond acceptors (Lipinski definition) is 3. The van der Waals surface area contributed by atoms with Crippen molar-refractivity contribution in [3.8, 4) is 0 Å². The molecule has 102 valence electrons. The Balaban J connectivity index is 0.00000144. The fourth-order valence-corrected chi connectivity index (χ4v) is 1.89. The third kappa shape index (κ3) is 5.21. The molecule has 1 aliphatic heterocycles. The van der Waals surface area contributed by atoms with Crippen LogP contribution in [-0.4, -0.2) is 23.5 Å². The number of halogens is 2. The number of pyridine rings is 1. The van der Waals surface area contributed by atoms with E-state index in [1.54, 1.807) is 12.4 Å². The minimum absolute atomic E-state index is 0. The minimum atomic E-state index is -0.00409. The number of nitrogens with one attached hydrogen (secondary N) is 2. The zero-order chi connectivity index (χ0) is 11.2. The first-order chi connectivity index (χ1) is 7.86. The van der Waals surface area contributed by atoms with E-state index in [4.69, 9.17) is 0 Å². The molecule has 4 nitrogen and oxygen atoms in total. The molecular weight excluding hydrogens is 273 g/mol. The number of aromatic nitrogens is 1. The first-order valence-corrected chi connectivity index (χ1v) is 5.76. The summed E-state index contributed by atoms with van der Waals surface area (Å²) in [5, 5.41) is 6.17. The largest absolute Gasteiger partial charge is 0.351 e. The number of hydrogen-bond donors (Lipinski definition) is 2. The van der Waals surface area contributed by atoms with Crippen molar-refractivity contribution >= 4 is 30.7 Å². The highest BCUT2D eigenvalue weighted by Crippen LogP contribution is 2.07. The molecule has 1 fully saturated rings. The van der Waals surface area contributed by atoms with Crippen LogP contribution >= 0.6 is 24.8 Å². The molecule has 6 heteroatoms. The average molecular weight is 292 g/mol. The lowest BCUT2D eigenvalue weighted by Gasteiger charge is -2.22. The van der Waals surface area contributed by atoms with Crippen LogP contribution in [0, 0.1) is 0 Å². The Labute approximate surface area is 120 Å². The summed E-state index contributed by atoms with van der Waals surface area (Å²) in [4.78, 5) is 15.7. The lowest BCUT2D eigenvalue weighted by atomic mass is 10.0. The van der Waals surface area contributed by atoms with Gasteiger partial charge in [-0.15, -0.1) is 24.8 Å². The van der Waals surface area contributed by atoms with Gasteiger partial charge in [0.05, 0.1) is 6.04 Å². The van der Waals surface area contributed by atoms with Gasteiger partial charge in [0.25, 0.3) is 0 Å². The summed E-state index contributed by atoms with van der Waals surface area (Å²) in [7, 11) is 0. The Hall–Kier alpha value is -0.840. The minimum Gasteiger partial charge on any atom is -0.351 e. The lowest BCUT2D eigenvalue weighted by molar-refractivity contribution is -0.123. The van der Waals surface area contributed by atoms with Crippen LogP contribution in [0.2, 0.25) is 0 Å². The van der Waals surface area contributed by atoms with E-state index in [2.05, 4.69) is 15.6 Å². The summed E-state index contributed by atoms with van der Waals surface area (Å²) in [5.41, 5.74) is 1.08. The second-order valence-corrected chi connectivity index (χ2v) is 4.08. The maximum Gasteiger partial charge on any atom is 0.237 e. The fraction of sp³-hybridized carbons (Fsp3) is 0.500. The third-order valence-corrected chi connectivity index (χ3v) is 2.84. The molecule has 2 heterocycles. The Kier molecular flexibility index (Phi) is 8.71. The van der Waals surface area contributed by atoms with Gasteiger partial charge in [0.1, 0.15) is 0 Å². The van der Waals surface area contributed by atoms with Crippen molar-refractivity contribution in [2.45, 2.75) is 31.8 Å². The van der Waals surface area contributed by atoms with Crippen molar-refractivity contribution in [2.75, 3.05) is 6.54 Å². The van der Waals surface area contributed by atoms with Gasteiger partial charge in [-0.2, -0.15) is 0 Å². The van der Waals surface area contributed by atoms with Crippen molar-refractivity contribution in [1.29, 1.82) is 0 Å². The molecule has 0 spiro atoms. The summed E-state index contributed by atoms with van der Waals surface area (Å²) >= 11 is 0. The average Bonchev–Trinajstić information content (AvgIpc) is 2.38. The van der Waals surface area contributed by atoms with Crippen LogP contribution in [0.25, 0.3) is 0 Å². The number of carbonyl (C=O) groups excluding carboxylic acids is 1. The summed E-state index contributed by atoms with van der Waals surface area (Å²) in [6.45, 7) is 1.53. The number of carbonyl (C=O) groups is 1. The van der Waals surface area contributed by atoms with Gasteiger partial charge in [-0.25, -0.2) is 0 Å². The maximum absolute atomic E-state index is 11.8. The van der Waals surface area contributed by atoms with Crippen LogP contribution in [0.1, 0.15) is 24.8 Å². The standard InChI is InChI=1S/C12H17N3O.2ClH/c16-12(11-3-1-2-6-14-11)15-9-10-4-7-13-8-5-10;;/h4-5,7-8,11,14H,1-3,6,9H2,(H,15,16);2*1H/t11-;;/m0../s1. The third-order valence-electron chi connectivity index (χ3n) is 2.84. The number of rotatable bonds is 3. The van der Waals surface area contributed by atoms with E-state index in [1.807, 2.05) is 12.1 Å². The second kappa shape index (κ2) is 9.14. The van der Waals surface area contributed by atoms with Crippen molar-refractivity contribution in [1.82, 2.24) is 15.6 Å². The topological polar surface area (TPSA) is 54.0 Å². The Morgan fingerprint density at radius 3 is 2.67 bits per heavy atom. The Morgan fingerprint density at radius 1 is 1.33 bits per heavy atom. The predicted octanol–water partition coefficient (Wildman–Crippen LogP) is 1.68. The van der Waals surface area contributed by atoms with Crippen molar-refractivity contribution in [3.05, 3.63) is 30.1 Å². The molecule has 0 saturated carbocycles. The van der Waals surface area contributed by atoms with Gasteiger partial charge in [0.2, 0.25) is 5.91 Å². The van der Waals surface area contributed by atoms with E-state index in [-0.39, 0.29) is 36.8 Å². The molecule has 1 aromatic heterocycles. The van der Waals surface area contributed by atoms with Gasteiger partial charge < -0.3 is 10.6 Å². The molecule has 2 rings (SSSR count). The van der Waals surface area contributed by atoms with Gasteiger partial charge in [0, 0.05) is 18.9 Å². The molecule has 1 saturated heterocycles. The van der Waals surface area contributed by atoms with Gasteiger partial charge in [-0.05, 0) is 37.1 Å². The van der Waals surface area contributed by atoms with Crippen LogP contribution in [0.5, 0.6) is 0 Å². The monoisotopic (exact) mass is 291 g/mol. The van der Waals surface area contributed by atoms with Crippen LogP contribution in [0.15, 0.2) is 24.5 Å². The molecule has 0 bridgehead atoms. The number of nitrogens with zero attached hydrogens (tertiary/aromatic N) is 1. The predicted molar refractivity (Wildman–Crippen MR) is 76.2 cm³/mol. The highest BCUT2D eigenvalue weighted by Gasteiger charge is 2.19. The molecule has 1 aliphatic rings. The zero-order valence-corrected chi connectivity index (χ0v) is 11.7. The van der Waals surface area contributed by atoms with Crippen LogP contribution in [0.4, 0.5) is 0 Å². The molecule has 0 aromatic carbocycles. The van der Waals surface area contributed by atoms with E-state index in [9.17, 15) is 4.79 Å².